The summed E-state index contributed by atoms with van der Waals surface area (Å²) in [5, 5.41) is 0. The SMILES string of the molecule is O=C(c1ccoc1)N(CC1CCN(C2CCCC2)CC1)CC1CCCO1. The second kappa shape index (κ2) is 8.57. The Labute approximate surface area is 156 Å². The molecule has 0 N–H and O–H groups in total. The van der Waals surface area contributed by atoms with Crippen LogP contribution in [0.15, 0.2) is 23.0 Å². The lowest BCUT2D eigenvalue weighted by Gasteiger charge is -2.38. The molecule has 1 saturated carbocycles. The Balaban J connectivity index is 1.34. The molecule has 1 amide bonds. The zero-order valence-electron chi connectivity index (χ0n) is 15.8. The highest BCUT2D eigenvalue weighted by atomic mass is 16.5. The van der Waals surface area contributed by atoms with E-state index in [2.05, 4.69) is 4.90 Å². The second-order valence-electron chi connectivity index (χ2n) is 8.27. The number of hydrogen-bond donors (Lipinski definition) is 0. The molecule has 0 spiro atoms. The quantitative estimate of drug-likeness (QED) is 0.778. The van der Waals surface area contributed by atoms with E-state index < -0.39 is 0 Å². The maximum Gasteiger partial charge on any atom is 0.257 e. The van der Waals surface area contributed by atoms with Gasteiger partial charge < -0.3 is 19.0 Å². The fourth-order valence-corrected chi connectivity index (χ4v) is 4.92. The van der Waals surface area contributed by atoms with Crippen LogP contribution in [0, 0.1) is 5.92 Å². The van der Waals surface area contributed by atoms with Gasteiger partial charge in [-0.05, 0) is 63.6 Å². The molecule has 3 fully saturated rings. The van der Waals surface area contributed by atoms with Crippen molar-refractivity contribution in [2.75, 3.05) is 32.8 Å². The van der Waals surface area contributed by atoms with E-state index in [1.165, 1.54) is 51.6 Å². The molecule has 0 aromatic carbocycles. The van der Waals surface area contributed by atoms with Gasteiger partial charge in [-0.2, -0.15) is 0 Å². The Bertz CT molecular complexity index is 554. The monoisotopic (exact) mass is 360 g/mol. The molecule has 3 heterocycles. The summed E-state index contributed by atoms with van der Waals surface area (Å²) in [4.78, 5) is 17.7. The van der Waals surface area contributed by atoms with E-state index in [0.717, 1.165) is 32.0 Å². The molecule has 5 heteroatoms. The topological polar surface area (TPSA) is 45.9 Å². The molecule has 1 aliphatic carbocycles. The number of ether oxygens (including phenoxy) is 1. The Morgan fingerprint density at radius 1 is 1.08 bits per heavy atom. The first-order chi connectivity index (χ1) is 12.8. The van der Waals surface area contributed by atoms with Gasteiger partial charge in [-0.1, -0.05) is 12.8 Å². The molecule has 1 aromatic heterocycles. The lowest BCUT2D eigenvalue weighted by atomic mass is 9.94. The smallest absolute Gasteiger partial charge is 0.257 e. The van der Waals surface area contributed by atoms with E-state index >= 15 is 0 Å². The van der Waals surface area contributed by atoms with Crippen LogP contribution >= 0.6 is 0 Å². The summed E-state index contributed by atoms with van der Waals surface area (Å²) in [7, 11) is 0. The van der Waals surface area contributed by atoms with E-state index in [1.54, 1.807) is 18.6 Å². The number of piperidine rings is 1. The first-order valence-corrected chi connectivity index (χ1v) is 10.5. The van der Waals surface area contributed by atoms with Gasteiger partial charge >= 0.3 is 0 Å². The van der Waals surface area contributed by atoms with Crippen molar-refractivity contribution in [2.24, 2.45) is 5.92 Å². The summed E-state index contributed by atoms with van der Waals surface area (Å²) in [5.41, 5.74) is 0.659. The molecule has 5 nitrogen and oxygen atoms in total. The van der Waals surface area contributed by atoms with Crippen molar-refractivity contribution in [3.05, 3.63) is 24.2 Å². The number of hydrogen-bond acceptors (Lipinski definition) is 4. The number of carbonyl (C=O) groups excluding carboxylic acids is 1. The lowest BCUT2D eigenvalue weighted by molar-refractivity contribution is 0.0428. The summed E-state index contributed by atoms with van der Waals surface area (Å²) in [6.45, 7) is 4.79. The van der Waals surface area contributed by atoms with Gasteiger partial charge in [0.2, 0.25) is 0 Å². The third-order valence-corrected chi connectivity index (χ3v) is 6.47. The fraction of sp³-hybridized carbons (Fsp3) is 0.762. The Hall–Kier alpha value is -1.33. The summed E-state index contributed by atoms with van der Waals surface area (Å²) in [5.74, 6) is 0.692. The van der Waals surface area contributed by atoms with Crippen molar-refractivity contribution in [3.8, 4) is 0 Å². The molecule has 4 rings (SSSR count). The Morgan fingerprint density at radius 3 is 2.54 bits per heavy atom. The molecule has 2 saturated heterocycles. The number of furan rings is 1. The van der Waals surface area contributed by atoms with Crippen molar-refractivity contribution in [2.45, 2.75) is 63.5 Å². The Morgan fingerprint density at radius 2 is 1.88 bits per heavy atom. The van der Waals surface area contributed by atoms with Gasteiger partial charge in [0, 0.05) is 25.7 Å². The summed E-state index contributed by atoms with van der Waals surface area (Å²) < 4.78 is 10.9. The van der Waals surface area contributed by atoms with Crippen molar-refractivity contribution in [1.29, 1.82) is 0 Å². The summed E-state index contributed by atoms with van der Waals surface area (Å²) in [6.07, 6.45) is 13.5. The van der Waals surface area contributed by atoms with Crippen molar-refractivity contribution in [1.82, 2.24) is 9.80 Å². The maximum absolute atomic E-state index is 12.9. The highest BCUT2D eigenvalue weighted by Crippen LogP contribution is 2.28. The van der Waals surface area contributed by atoms with Crippen LogP contribution in [0.2, 0.25) is 0 Å². The number of carbonyl (C=O) groups is 1. The minimum absolute atomic E-state index is 0.0903. The van der Waals surface area contributed by atoms with Gasteiger partial charge in [0.25, 0.3) is 5.91 Å². The van der Waals surface area contributed by atoms with Gasteiger partial charge in [0.1, 0.15) is 6.26 Å². The largest absolute Gasteiger partial charge is 0.472 e. The fourth-order valence-electron chi connectivity index (χ4n) is 4.92. The molecule has 0 radical (unpaired) electrons. The zero-order chi connectivity index (χ0) is 17.8. The molecule has 1 atom stereocenters. The Kier molecular flexibility index (Phi) is 5.95. The van der Waals surface area contributed by atoms with E-state index in [4.69, 9.17) is 9.15 Å². The predicted molar refractivity (Wildman–Crippen MR) is 100 cm³/mol. The van der Waals surface area contributed by atoms with Crippen LogP contribution < -0.4 is 0 Å². The van der Waals surface area contributed by atoms with E-state index in [0.29, 0.717) is 18.0 Å². The molecular weight excluding hydrogens is 328 g/mol. The molecule has 1 unspecified atom stereocenters. The minimum Gasteiger partial charge on any atom is -0.472 e. The number of rotatable bonds is 6. The standard InChI is InChI=1S/C21H32N2O3/c24-21(18-9-13-25-16-18)23(15-20-6-3-12-26-20)14-17-7-10-22(11-8-17)19-4-1-2-5-19/h9,13,16-17,19-20H,1-8,10-12,14-15H2. The van der Waals surface area contributed by atoms with Gasteiger partial charge in [-0.25, -0.2) is 0 Å². The van der Waals surface area contributed by atoms with Crippen LogP contribution in [0.1, 0.15) is 61.7 Å². The van der Waals surface area contributed by atoms with Gasteiger partial charge in [0.05, 0.1) is 17.9 Å². The third-order valence-electron chi connectivity index (χ3n) is 6.47. The lowest BCUT2D eigenvalue weighted by Crippen LogP contribution is -2.45. The van der Waals surface area contributed by atoms with Crippen LogP contribution in [0.25, 0.3) is 0 Å². The summed E-state index contributed by atoms with van der Waals surface area (Å²) >= 11 is 0. The van der Waals surface area contributed by atoms with Crippen molar-refractivity contribution < 1.29 is 13.9 Å². The maximum atomic E-state index is 12.9. The highest BCUT2D eigenvalue weighted by molar-refractivity contribution is 5.93. The number of nitrogens with zero attached hydrogens (tertiary/aromatic N) is 2. The van der Waals surface area contributed by atoms with Gasteiger partial charge in [-0.3, -0.25) is 4.79 Å². The average Bonchev–Trinajstić information content (AvgIpc) is 3.44. The third kappa shape index (κ3) is 4.32. The average molecular weight is 360 g/mol. The van der Waals surface area contributed by atoms with E-state index in [-0.39, 0.29) is 12.0 Å². The molecule has 1 aromatic rings. The number of amides is 1. The molecule has 144 valence electrons. The van der Waals surface area contributed by atoms with Gasteiger partial charge in [-0.15, -0.1) is 0 Å². The van der Waals surface area contributed by atoms with Crippen LogP contribution in [0.5, 0.6) is 0 Å². The molecular formula is C21H32N2O3. The van der Waals surface area contributed by atoms with Crippen LogP contribution in [0.3, 0.4) is 0 Å². The first-order valence-electron chi connectivity index (χ1n) is 10.5. The highest BCUT2D eigenvalue weighted by Gasteiger charge is 2.30. The predicted octanol–water partition coefficient (Wildman–Crippen LogP) is 3.56. The van der Waals surface area contributed by atoms with E-state index in [1.807, 2.05) is 4.90 Å². The zero-order valence-corrected chi connectivity index (χ0v) is 15.8. The molecule has 2 aliphatic heterocycles. The van der Waals surface area contributed by atoms with E-state index in [9.17, 15) is 4.79 Å². The summed E-state index contributed by atoms with van der Waals surface area (Å²) in [6, 6.07) is 2.60. The second-order valence-corrected chi connectivity index (χ2v) is 8.27. The van der Waals surface area contributed by atoms with Crippen LogP contribution in [-0.2, 0) is 4.74 Å². The number of likely N-dealkylation sites (tertiary alicyclic amines) is 1. The first kappa shape index (κ1) is 18.1. The minimum atomic E-state index is 0.0903. The van der Waals surface area contributed by atoms with Crippen LogP contribution in [0.4, 0.5) is 0 Å². The molecule has 3 aliphatic rings. The van der Waals surface area contributed by atoms with Crippen molar-refractivity contribution >= 4 is 5.91 Å². The van der Waals surface area contributed by atoms with Crippen LogP contribution in [-0.4, -0.2) is 60.6 Å². The van der Waals surface area contributed by atoms with Crippen molar-refractivity contribution in [3.63, 3.8) is 0 Å². The van der Waals surface area contributed by atoms with Gasteiger partial charge in [0.15, 0.2) is 0 Å². The molecule has 0 bridgehead atoms. The normalized spacial score (nSPS) is 25.8. The molecule has 26 heavy (non-hydrogen) atoms.